The number of benzene rings is 2. The van der Waals surface area contributed by atoms with E-state index in [2.05, 4.69) is 5.10 Å². The Kier molecular flexibility index (Phi) is 5.94. The largest absolute Gasteiger partial charge is 0.493 e. The van der Waals surface area contributed by atoms with Crippen molar-refractivity contribution in [2.24, 2.45) is 7.05 Å². The summed E-state index contributed by atoms with van der Waals surface area (Å²) in [6.45, 7) is 0.405. The molecule has 0 unspecified atom stereocenters. The Hall–Kier alpha value is -3.05. The van der Waals surface area contributed by atoms with Crippen molar-refractivity contribution >= 4 is 23.5 Å². The van der Waals surface area contributed by atoms with Gasteiger partial charge in [0.1, 0.15) is 6.61 Å². The first-order valence-corrected chi connectivity index (χ1v) is 8.69. The summed E-state index contributed by atoms with van der Waals surface area (Å²) in [5.41, 5.74) is 2.39. The van der Waals surface area contributed by atoms with Crippen molar-refractivity contribution in [1.82, 2.24) is 9.78 Å². The lowest BCUT2D eigenvalue weighted by atomic mass is 10.1. The fourth-order valence-corrected chi connectivity index (χ4v) is 2.59. The molecule has 0 bridgehead atoms. The third kappa shape index (κ3) is 4.99. The van der Waals surface area contributed by atoms with E-state index in [0.717, 1.165) is 11.1 Å². The first-order chi connectivity index (χ1) is 13.0. The molecule has 0 amide bonds. The SMILES string of the molecule is COc1cc(/C=C/C(=O)c2cnn(C)c2)ccc1OCc1ccc(Cl)cc1. The van der Waals surface area contributed by atoms with Gasteiger partial charge in [-0.15, -0.1) is 0 Å². The van der Waals surface area contributed by atoms with E-state index < -0.39 is 0 Å². The Bertz CT molecular complexity index is 962. The van der Waals surface area contributed by atoms with Crippen LogP contribution in [0.25, 0.3) is 6.08 Å². The lowest BCUT2D eigenvalue weighted by Crippen LogP contribution is -1.98. The third-order valence-corrected chi connectivity index (χ3v) is 4.16. The van der Waals surface area contributed by atoms with Crippen LogP contribution in [-0.4, -0.2) is 22.7 Å². The van der Waals surface area contributed by atoms with Crippen LogP contribution in [0.1, 0.15) is 21.5 Å². The van der Waals surface area contributed by atoms with Gasteiger partial charge in [-0.3, -0.25) is 9.48 Å². The van der Waals surface area contributed by atoms with Crippen molar-refractivity contribution in [2.45, 2.75) is 6.61 Å². The fraction of sp³-hybridized carbons (Fsp3) is 0.143. The Morgan fingerprint density at radius 2 is 1.96 bits per heavy atom. The molecule has 0 atom stereocenters. The number of nitrogens with zero attached hydrogens (tertiary/aromatic N) is 2. The van der Waals surface area contributed by atoms with Crippen LogP contribution >= 0.6 is 11.6 Å². The highest BCUT2D eigenvalue weighted by Gasteiger charge is 2.07. The predicted molar refractivity (Wildman–Crippen MR) is 105 cm³/mol. The number of allylic oxidation sites excluding steroid dienone is 1. The number of halogens is 1. The minimum atomic E-state index is -0.106. The van der Waals surface area contributed by atoms with Gasteiger partial charge in [-0.2, -0.15) is 5.10 Å². The van der Waals surface area contributed by atoms with Gasteiger partial charge in [0, 0.05) is 18.3 Å². The molecule has 1 heterocycles. The average molecular weight is 383 g/mol. The topological polar surface area (TPSA) is 53.3 Å². The molecule has 138 valence electrons. The second kappa shape index (κ2) is 8.56. The van der Waals surface area contributed by atoms with E-state index in [-0.39, 0.29) is 5.78 Å². The van der Waals surface area contributed by atoms with Gasteiger partial charge in [-0.1, -0.05) is 35.9 Å². The monoisotopic (exact) mass is 382 g/mol. The molecule has 27 heavy (non-hydrogen) atoms. The number of methoxy groups -OCH3 is 1. The van der Waals surface area contributed by atoms with Crippen LogP contribution in [0, 0.1) is 0 Å². The maximum atomic E-state index is 12.1. The summed E-state index contributed by atoms with van der Waals surface area (Å²) in [5, 5.41) is 4.69. The molecule has 3 aromatic rings. The van der Waals surface area contributed by atoms with Crippen molar-refractivity contribution in [3.8, 4) is 11.5 Å². The zero-order valence-electron chi connectivity index (χ0n) is 15.1. The number of carbonyl (C=O) groups excluding carboxylic acids is 1. The van der Waals surface area contributed by atoms with E-state index in [9.17, 15) is 4.79 Å². The van der Waals surface area contributed by atoms with Gasteiger partial charge in [0.05, 0.1) is 18.9 Å². The highest BCUT2D eigenvalue weighted by molar-refractivity contribution is 6.30. The molecule has 0 aliphatic heterocycles. The summed E-state index contributed by atoms with van der Waals surface area (Å²) in [4.78, 5) is 12.1. The molecule has 0 fully saturated rings. The molecule has 0 saturated carbocycles. The van der Waals surface area contributed by atoms with Crippen molar-refractivity contribution in [1.29, 1.82) is 0 Å². The number of ether oxygens (including phenoxy) is 2. The fourth-order valence-electron chi connectivity index (χ4n) is 2.47. The number of ketones is 1. The summed E-state index contributed by atoms with van der Waals surface area (Å²) < 4.78 is 12.8. The van der Waals surface area contributed by atoms with Crippen LogP contribution in [0.5, 0.6) is 11.5 Å². The summed E-state index contributed by atoms with van der Waals surface area (Å²) in [6.07, 6.45) is 6.47. The van der Waals surface area contributed by atoms with Crippen LogP contribution in [0.2, 0.25) is 5.02 Å². The van der Waals surface area contributed by atoms with Crippen LogP contribution in [0.4, 0.5) is 0 Å². The molecule has 6 heteroatoms. The Morgan fingerprint density at radius 3 is 2.63 bits per heavy atom. The van der Waals surface area contributed by atoms with Crippen molar-refractivity contribution < 1.29 is 14.3 Å². The molecule has 0 spiro atoms. The van der Waals surface area contributed by atoms with Crippen LogP contribution in [0.15, 0.2) is 60.9 Å². The van der Waals surface area contributed by atoms with Gasteiger partial charge in [-0.25, -0.2) is 0 Å². The molecule has 0 saturated heterocycles. The molecular weight excluding hydrogens is 364 g/mol. The third-order valence-electron chi connectivity index (χ3n) is 3.91. The van der Waals surface area contributed by atoms with Gasteiger partial charge >= 0.3 is 0 Å². The van der Waals surface area contributed by atoms with Gasteiger partial charge in [-0.05, 0) is 41.5 Å². The first-order valence-electron chi connectivity index (χ1n) is 8.31. The second-order valence-corrected chi connectivity index (χ2v) is 6.36. The molecule has 0 aliphatic rings. The van der Waals surface area contributed by atoms with E-state index in [1.807, 2.05) is 42.5 Å². The number of rotatable bonds is 7. The number of hydrogen-bond acceptors (Lipinski definition) is 4. The Labute approximate surface area is 162 Å². The molecule has 0 radical (unpaired) electrons. The summed E-state index contributed by atoms with van der Waals surface area (Å²) in [7, 11) is 3.35. The maximum absolute atomic E-state index is 12.1. The summed E-state index contributed by atoms with van der Waals surface area (Å²) >= 11 is 5.89. The highest BCUT2D eigenvalue weighted by Crippen LogP contribution is 2.29. The molecule has 0 N–H and O–H groups in total. The average Bonchev–Trinajstić information content (AvgIpc) is 3.12. The van der Waals surface area contributed by atoms with Crippen molar-refractivity contribution in [3.63, 3.8) is 0 Å². The molecule has 0 aliphatic carbocycles. The summed E-state index contributed by atoms with van der Waals surface area (Å²) in [6, 6.07) is 13.0. The van der Waals surface area contributed by atoms with Crippen molar-refractivity contribution in [2.75, 3.05) is 7.11 Å². The van der Waals surface area contributed by atoms with Crippen LogP contribution in [-0.2, 0) is 13.7 Å². The van der Waals surface area contributed by atoms with Gasteiger partial charge in [0.2, 0.25) is 0 Å². The lowest BCUT2D eigenvalue weighted by molar-refractivity contribution is 0.104. The number of aryl methyl sites for hydroxylation is 1. The minimum absolute atomic E-state index is 0.106. The van der Waals surface area contributed by atoms with Crippen LogP contribution in [0.3, 0.4) is 0 Å². The zero-order chi connectivity index (χ0) is 19.2. The Balaban J connectivity index is 1.69. The van der Waals surface area contributed by atoms with Gasteiger partial charge in [0.25, 0.3) is 0 Å². The number of aromatic nitrogens is 2. The smallest absolute Gasteiger partial charge is 0.189 e. The molecular formula is C21H19ClN2O3. The van der Waals surface area contributed by atoms with E-state index in [4.69, 9.17) is 21.1 Å². The van der Waals surface area contributed by atoms with E-state index in [1.165, 1.54) is 6.08 Å². The number of hydrogen-bond donors (Lipinski definition) is 0. The van der Waals surface area contributed by atoms with Crippen molar-refractivity contribution in [3.05, 3.63) is 82.6 Å². The first kappa shape index (κ1) is 18.7. The molecule has 3 rings (SSSR count). The summed E-state index contributed by atoms with van der Waals surface area (Å²) in [5.74, 6) is 1.12. The quantitative estimate of drug-likeness (QED) is 0.444. The van der Waals surface area contributed by atoms with E-state index >= 15 is 0 Å². The highest BCUT2D eigenvalue weighted by atomic mass is 35.5. The Morgan fingerprint density at radius 1 is 1.19 bits per heavy atom. The minimum Gasteiger partial charge on any atom is -0.493 e. The predicted octanol–water partition coefficient (Wildman–Crippen LogP) is 4.56. The number of carbonyl (C=O) groups is 1. The standard InChI is InChI=1S/C21H19ClN2O3/c1-24-13-17(12-23-24)19(25)9-5-15-6-10-20(21(11-15)26-2)27-14-16-3-7-18(22)8-4-16/h3-13H,14H2,1-2H3/b9-5+. The molecule has 5 nitrogen and oxygen atoms in total. The van der Waals surface area contributed by atoms with E-state index in [0.29, 0.717) is 28.7 Å². The lowest BCUT2D eigenvalue weighted by Gasteiger charge is -2.11. The van der Waals surface area contributed by atoms with Crippen LogP contribution < -0.4 is 9.47 Å². The maximum Gasteiger partial charge on any atom is 0.189 e. The van der Waals surface area contributed by atoms with Gasteiger partial charge in [0.15, 0.2) is 17.3 Å². The van der Waals surface area contributed by atoms with E-state index in [1.54, 1.807) is 37.3 Å². The van der Waals surface area contributed by atoms with Gasteiger partial charge < -0.3 is 9.47 Å². The molecule has 2 aromatic carbocycles. The normalized spacial score (nSPS) is 10.9. The molecule has 1 aromatic heterocycles. The zero-order valence-corrected chi connectivity index (χ0v) is 15.8. The second-order valence-electron chi connectivity index (χ2n) is 5.93.